The maximum absolute atomic E-state index is 5.32. The largest absolute Gasteiger partial charge is 0.208 e. The third kappa shape index (κ3) is 4.67. The minimum atomic E-state index is -0.523. The van der Waals surface area contributed by atoms with Crippen molar-refractivity contribution >= 4 is 22.5 Å². The molecule has 1 spiro atoms. The van der Waals surface area contributed by atoms with Crippen LogP contribution in [0.5, 0.6) is 0 Å². The molecule has 1 aliphatic heterocycles. The number of rotatable bonds is 4. The van der Waals surface area contributed by atoms with Gasteiger partial charge >= 0.3 is 0 Å². The molecule has 11 rings (SSSR count). The highest BCUT2D eigenvalue weighted by Gasteiger charge is 2.50. The van der Waals surface area contributed by atoms with Gasteiger partial charge in [-0.1, -0.05) is 182 Å². The molecule has 1 aliphatic carbocycles. The first-order valence-electron chi connectivity index (χ1n) is 18.3. The van der Waals surface area contributed by atoms with E-state index in [9.17, 15) is 0 Å². The van der Waals surface area contributed by atoms with E-state index in [4.69, 9.17) is 15.0 Å². The molecule has 0 bridgehead atoms. The van der Waals surface area contributed by atoms with E-state index >= 15 is 0 Å². The summed E-state index contributed by atoms with van der Waals surface area (Å²) in [6.45, 7) is 0. The van der Waals surface area contributed by atoms with Gasteiger partial charge in [-0.25, -0.2) is 15.0 Å². The zero-order chi connectivity index (χ0) is 35.6. The average Bonchev–Trinajstić information content (AvgIpc) is 3.54. The van der Waals surface area contributed by atoms with E-state index in [0.29, 0.717) is 17.5 Å². The molecule has 0 saturated carbocycles. The molecule has 9 aromatic rings. The van der Waals surface area contributed by atoms with E-state index in [1.165, 1.54) is 53.9 Å². The molecule has 0 saturated heterocycles. The Morgan fingerprint density at radius 1 is 0.333 bits per heavy atom. The van der Waals surface area contributed by atoms with E-state index in [-0.39, 0.29) is 0 Å². The van der Waals surface area contributed by atoms with Crippen LogP contribution in [-0.2, 0) is 5.41 Å². The maximum Gasteiger partial charge on any atom is 0.165 e. The monoisotopic (exact) mass is 705 g/mol. The van der Waals surface area contributed by atoms with Gasteiger partial charge in [-0.15, -0.1) is 0 Å². The number of benzene rings is 8. The fourth-order valence-electron chi connectivity index (χ4n) is 8.60. The van der Waals surface area contributed by atoms with Crippen LogP contribution < -0.4 is 0 Å². The Morgan fingerprint density at radius 2 is 0.833 bits per heavy atom. The van der Waals surface area contributed by atoms with E-state index in [2.05, 4.69) is 164 Å². The van der Waals surface area contributed by atoms with Gasteiger partial charge in [0.2, 0.25) is 0 Å². The average molecular weight is 706 g/mol. The van der Waals surface area contributed by atoms with Gasteiger partial charge in [-0.2, -0.15) is 0 Å². The first kappa shape index (κ1) is 31.0. The predicted molar refractivity (Wildman–Crippen MR) is 221 cm³/mol. The van der Waals surface area contributed by atoms with E-state index < -0.39 is 5.41 Å². The quantitative estimate of drug-likeness (QED) is 0.183. The van der Waals surface area contributed by atoms with Crippen LogP contribution in [0.4, 0.5) is 0 Å². The summed E-state index contributed by atoms with van der Waals surface area (Å²) in [5, 5.41) is 2.47. The predicted octanol–water partition coefficient (Wildman–Crippen LogP) is 12.5. The van der Waals surface area contributed by atoms with Crippen molar-refractivity contribution < 1.29 is 0 Å². The fourth-order valence-corrected chi connectivity index (χ4v) is 9.92. The number of hydrogen-bond acceptors (Lipinski definition) is 4. The minimum Gasteiger partial charge on any atom is -0.208 e. The second-order valence-corrected chi connectivity index (χ2v) is 15.0. The van der Waals surface area contributed by atoms with Crippen molar-refractivity contribution in [2.24, 2.45) is 0 Å². The van der Waals surface area contributed by atoms with Crippen LogP contribution in [0.15, 0.2) is 198 Å². The number of fused-ring (bicyclic) bond motifs is 10. The summed E-state index contributed by atoms with van der Waals surface area (Å²) < 4.78 is 0. The number of nitrogens with zero attached hydrogens (tertiary/aromatic N) is 3. The maximum atomic E-state index is 5.32. The smallest absolute Gasteiger partial charge is 0.165 e. The Balaban J connectivity index is 1.19. The van der Waals surface area contributed by atoms with Crippen molar-refractivity contribution in [1.82, 2.24) is 15.0 Å². The highest BCUT2D eigenvalue weighted by Crippen LogP contribution is 2.63. The molecule has 4 heteroatoms. The Bertz CT molecular complexity index is 2870. The topological polar surface area (TPSA) is 38.7 Å². The number of aromatic nitrogens is 3. The number of hydrogen-bond donors (Lipinski definition) is 0. The molecule has 0 radical (unpaired) electrons. The normalized spacial score (nSPS) is 13.3. The van der Waals surface area contributed by atoms with Crippen LogP contribution in [0.25, 0.3) is 67.2 Å². The second kappa shape index (κ2) is 12.2. The zero-order valence-corrected chi connectivity index (χ0v) is 30.0. The van der Waals surface area contributed by atoms with Gasteiger partial charge in [0, 0.05) is 26.5 Å². The van der Waals surface area contributed by atoms with Crippen LogP contribution in [0.3, 0.4) is 0 Å². The fraction of sp³-hybridized carbons (Fsp3) is 0.0200. The van der Waals surface area contributed by atoms with Gasteiger partial charge in [0.05, 0.1) is 5.41 Å². The van der Waals surface area contributed by atoms with Gasteiger partial charge in [0.15, 0.2) is 17.5 Å². The van der Waals surface area contributed by atoms with Gasteiger partial charge in [0.25, 0.3) is 0 Å². The summed E-state index contributed by atoms with van der Waals surface area (Å²) in [6.07, 6.45) is 0. The molecule has 0 fully saturated rings. The summed E-state index contributed by atoms with van der Waals surface area (Å²) in [5.41, 5.74) is 12.4. The van der Waals surface area contributed by atoms with Crippen molar-refractivity contribution in [2.45, 2.75) is 15.2 Å². The lowest BCUT2D eigenvalue weighted by Gasteiger charge is -2.40. The Morgan fingerprint density at radius 3 is 1.56 bits per heavy atom. The van der Waals surface area contributed by atoms with Crippen molar-refractivity contribution in [2.75, 3.05) is 0 Å². The summed E-state index contributed by atoms with van der Waals surface area (Å²) in [5.74, 6) is 1.96. The second-order valence-electron chi connectivity index (χ2n) is 13.9. The Kier molecular flexibility index (Phi) is 7.01. The van der Waals surface area contributed by atoms with Crippen LogP contribution in [-0.4, -0.2) is 15.0 Å². The van der Waals surface area contributed by atoms with Crippen LogP contribution >= 0.6 is 11.8 Å². The van der Waals surface area contributed by atoms with E-state index in [1.54, 1.807) is 0 Å². The zero-order valence-electron chi connectivity index (χ0n) is 29.1. The lowest BCUT2D eigenvalue weighted by atomic mass is 9.66. The van der Waals surface area contributed by atoms with Gasteiger partial charge in [-0.05, 0) is 73.5 Å². The van der Waals surface area contributed by atoms with Crippen molar-refractivity contribution in [1.29, 1.82) is 0 Å². The molecule has 2 heterocycles. The highest BCUT2D eigenvalue weighted by molar-refractivity contribution is 7.99. The molecule has 252 valence electrons. The summed E-state index contributed by atoms with van der Waals surface area (Å²) in [4.78, 5) is 18.1. The molecule has 0 atom stereocenters. The van der Waals surface area contributed by atoms with Crippen molar-refractivity contribution in [3.63, 3.8) is 0 Å². The Hall–Kier alpha value is -6.62. The first-order valence-corrected chi connectivity index (χ1v) is 19.1. The van der Waals surface area contributed by atoms with E-state index in [1.807, 2.05) is 36.0 Å². The van der Waals surface area contributed by atoms with Crippen LogP contribution in [0, 0.1) is 0 Å². The molecule has 1 aromatic heterocycles. The molecule has 3 nitrogen and oxygen atoms in total. The molecule has 0 unspecified atom stereocenters. The molecular weight excluding hydrogens is 675 g/mol. The van der Waals surface area contributed by atoms with Gasteiger partial charge in [0.1, 0.15) is 0 Å². The molecule has 2 aliphatic rings. The molecular formula is C50H31N3S. The summed E-state index contributed by atoms with van der Waals surface area (Å²) in [6, 6.07) is 67.3. The van der Waals surface area contributed by atoms with Crippen molar-refractivity contribution in [3.05, 3.63) is 210 Å². The van der Waals surface area contributed by atoms with Crippen molar-refractivity contribution in [3.8, 4) is 56.4 Å². The molecule has 0 amide bonds. The third-order valence-electron chi connectivity index (χ3n) is 11.0. The SMILES string of the molecule is c1ccc(-c2cccc(-c3nc(-c4ccccc4)nc(-c4cccc5c4Sc4cc6ccccc6cc4C54c5ccccc5-c5ccccc54)n3)c2)cc1. The lowest BCUT2D eigenvalue weighted by molar-refractivity contribution is 0.724. The minimum absolute atomic E-state index is 0.523. The summed E-state index contributed by atoms with van der Waals surface area (Å²) in [7, 11) is 0. The third-order valence-corrected chi connectivity index (χ3v) is 12.2. The highest BCUT2D eigenvalue weighted by atomic mass is 32.2. The molecule has 8 aromatic carbocycles. The van der Waals surface area contributed by atoms with Crippen LogP contribution in [0.1, 0.15) is 22.3 Å². The van der Waals surface area contributed by atoms with Crippen LogP contribution in [0.2, 0.25) is 0 Å². The Labute approximate surface area is 318 Å². The van der Waals surface area contributed by atoms with Gasteiger partial charge in [-0.3, -0.25) is 0 Å². The first-order chi connectivity index (χ1) is 26.8. The molecule has 54 heavy (non-hydrogen) atoms. The lowest BCUT2D eigenvalue weighted by Crippen LogP contribution is -2.32. The molecule has 0 N–H and O–H groups in total. The van der Waals surface area contributed by atoms with Gasteiger partial charge < -0.3 is 0 Å². The standard InChI is InChI=1S/C50H31N3S/c1-3-15-32(16-4-1)34-21-13-22-37(29-34)48-51-47(33-17-5-2-6-18-33)52-49(53-48)40-25-14-28-43-46(40)54-45-31-36-20-8-7-19-35(36)30-44(45)50(43)41-26-11-9-23-38(41)39-24-10-12-27-42(39)50/h1-31H. The van der Waals surface area contributed by atoms with E-state index in [0.717, 1.165) is 27.8 Å². The summed E-state index contributed by atoms with van der Waals surface area (Å²) >= 11 is 1.83.